The highest BCUT2D eigenvalue weighted by Crippen LogP contribution is 2.73. The predicted octanol–water partition coefficient (Wildman–Crippen LogP) is 4.80. The van der Waals surface area contributed by atoms with E-state index in [2.05, 4.69) is 33.0 Å². The van der Waals surface area contributed by atoms with Gasteiger partial charge in [0.2, 0.25) is 5.91 Å². The Morgan fingerprint density at radius 3 is 2.40 bits per heavy atom. The van der Waals surface area contributed by atoms with E-state index in [9.17, 15) is 4.79 Å². The smallest absolute Gasteiger partial charge is 0.228 e. The molecular weight excluding hydrogens is 293 g/mol. The van der Waals surface area contributed by atoms with E-state index < -0.39 is 0 Å². The molecule has 1 atom stereocenters. The summed E-state index contributed by atoms with van der Waals surface area (Å²) in [4.78, 5) is 11.5. The van der Waals surface area contributed by atoms with E-state index in [0.717, 1.165) is 16.8 Å². The number of halogens is 2. The molecule has 1 aromatic carbocycles. The second-order valence-electron chi connectivity index (χ2n) is 7.08. The molecule has 1 unspecified atom stereocenters. The average Bonchev–Trinajstić information content (AvgIpc) is 2.60. The van der Waals surface area contributed by atoms with Crippen LogP contribution < -0.4 is 5.32 Å². The molecule has 0 radical (unpaired) electrons. The van der Waals surface area contributed by atoms with Gasteiger partial charge in [0.05, 0.1) is 11.8 Å². The fraction of sp³-hybridized carbons (Fsp3) is 0.562. The topological polar surface area (TPSA) is 29.1 Å². The summed E-state index contributed by atoms with van der Waals surface area (Å²) in [6.07, 6.45) is 0.417. The van der Waals surface area contributed by atoms with Gasteiger partial charge in [0.25, 0.3) is 0 Å². The quantitative estimate of drug-likeness (QED) is 0.781. The van der Waals surface area contributed by atoms with Crippen molar-refractivity contribution in [3.8, 4) is 0 Å². The van der Waals surface area contributed by atoms with Crippen molar-refractivity contribution in [2.24, 2.45) is 16.7 Å². The van der Waals surface area contributed by atoms with Gasteiger partial charge < -0.3 is 5.32 Å². The van der Waals surface area contributed by atoms with Crippen molar-refractivity contribution < 1.29 is 4.79 Å². The maximum absolute atomic E-state index is 11.5. The predicted molar refractivity (Wildman–Crippen MR) is 83.4 cm³/mol. The Morgan fingerprint density at radius 2 is 1.85 bits per heavy atom. The summed E-state index contributed by atoms with van der Waals surface area (Å²) >= 11 is 13.1. The molecule has 0 aromatic heterocycles. The molecule has 1 amide bonds. The molecule has 4 heteroatoms. The normalized spacial score (nSPS) is 24.2. The molecular formula is C16H19Cl2NO. The third kappa shape index (κ3) is 1.81. The number of carbonyl (C=O) groups is 1. The van der Waals surface area contributed by atoms with Crippen LogP contribution in [0.4, 0.5) is 5.69 Å². The Hall–Kier alpha value is -0.730. The van der Waals surface area contributed by atoms with Crippen molar-refractivity contribution in [1.82, 2.24) is 0 Å². The zero-order valence-corrected chi connectivity index (χ0v) is 13.7. The molecule has 0 bridgehead atoms. The van der Waals surface area contributed by atoms with Crippen LogP contribution in [0.2, 0.25) is 5.02 Å². The summed E-state index contributed by atoms with van der Waals surface area (Å²) in [7, 11) is 0. The Labute approximate surface area is 129 Å². The monoisotopic (exact) mass is 311 g/mol. The zero-order valence-electron chi connectivity index (χ0n) is 12.2. The second kappa shape index (κ2) is 4.14. The number of hydrogen-bond acceptors (Lipinski definition) is 1. The summed E-state index contributed by atoms with van der Waals surface area (Å²) in [5.74, 6) is 0.406. The molecule has 3 rings (SSSR count). The van der Waals surface area contributed by atoms with Crippen LogP contribution >= 0.6 is 23.2 Å². The number of alkyl halides is 1. The maximum Gasteiger partial charge on any atom is 0.228 e. The van der Waals surface area contributed by atoms with Gasteiger partial charge >= 0.3 is 0 Å². The van der Waals surface area contributed by atoms with Crippen LogP contribution in [0.3, 0.4) is 0 Å². The standard InChI is InChI=1S/C16H19Cl2NO/c1-15(2)14(16(15,3)4)13(18)9-5-8-6-12(20)19-11(8)7-10(9)17/h5,7,13-14H,6H2,1-4H3,(H,19,20). The zero-order chi connectivity index (χ0) is 14.9. The molecule has 1 N–H and O–H groups in total. The summed E-state index contributed by atoms with van der Waals surface area (Å²) in [5, 5.41) is 3.34. The SMILES string of the molecule is CC1(C)C(C(Cl)c2cc3c(cc2Cl)NC(=O)C3)C1(C)C. The lowest BCUT2D eigenvalue weighted by Crippen LogP contribution is -2.03. The van der Waals surface area contributed by atoms with Crippen LogP contribution in [0.15, 0.2) is 12.1 Å². The molecule has 1 fully saturated rings. The van der Waals surface area contributed by atoms with Gasteiger partial charge in [-0.1, -0.05) is 45.4 Å². The number of hydrogen-bond donors (Lipinski definition) is 1. The highest BCUT2D eigenvalue weighted by molar-refractivity contribution is 6.33. The minimum Gasteiger partial charge on any atom is -0.325 e. The van der Waals surface area contributed by atoms with Crippen molar-refractivity contribution in [2.45, 2.75) is 39.5 Å². The molecule has 1 saturated carbocycles. The largest absolute Gasteiger partial charge is 0.325 e. The number of carbonyl (C=O) groups excluding carboxylic acids is 1. The van der Waals surface area contributed by atoms with E-state index in [1.165, 1.54) is 0 Å². The number of rotatable bonds is 2. The van der Waals surface area contributed by atoms with Crippen molar-refractivity contribution in [3.63, 3.8) is 0 Å². The van der Waals surface area contributed by atoms with Gasteiger partial charge in [-0.25, -0.2) is 0 Å². The van der Waals surface area contributed by atoms with Gasteiger partial charge in [0.15, 0.2) is 0 Å². The van der Waals surface area contributed by atoms with Crippen molar-refractivity contribution in [3.05, 3.63) is 28.3 Å². The number of amides is 1. The van der Waals surface area contributed by atoms with E-state index in [4.69, 9.17) is 23.2 Å². The van der Waals surface area contributed by atoms with Gasteiger partial charge in [-0.2, -0.15) is 0 Å². The Balaban J connectivity index is 1.97. The summed E-state index contributed by atoms with van der Waals surface area (Å²) in [5.41, 5.74) is 3.18. The van der Waals surface area contributed by atoms with Crippen molar-refractivity contribution >= 4 is 34.8 Å². The first-order chi connectivity index (χ1) is 9.16. The summed E-state index contributed by atoms with van der Waals surface area (Å²) < 4.78 is 0. The number of benzene rings is 1. The van der Waals surface area contributed by atoms with Crippen molar-refractivity contribution in [2.75, 3.05) is 5.32 Å². The third-order valence-corrected chi connectivity index (χ3v) is 6.38. The first-order valence-corrected chi connectivity index (χ1v) is 7.74. The van der Waals surface area contributed by atoms with Gasteiger partial charge in [-0.15, -0.1) is 11.6 Å². The fourth-order valence-corrected chi connectivity index (χ4v) is 4.78. The van der Waals surface area contributed by atoms with Crippen LogP contribution in [-0.2, 0) is 11.2 Å². The minimum atomic E-state index is -0.117. The fourth-order valence-electron chi connectivity index (χ4n) is 3.64. The van der Waals surface area contributed by atoms with Gasteiger partial charge in [0.1, 0.15) is 0 Å². The van der Waals surface area contributed by atoms with Crippen molar-refractivity contribution in [1.29, 1.82) is 0 Å². The average molecular weight is 312 g/mol. The Bertz CT molecular complexity index is 593. The van der Waals surface area contributed by atoms with Gasteiger partial charge in [0, 0.05) is 10.7 Å². The molecule has 2 aliphatic rings. The summed E-state index contributed by atoms with van der Waals surface area (Å²) in [6.45, 7) is 9.00. The highest BCUT2D eigenvalue weighted by atomic mass is 35.5. The van der Waals surface area contributed by atoms with Crippen LogP contribution in [-0.4, -0.2) is 5.91 Å². The van der Waals surface area contributed by atoms with Crippen LogP contribution in [0.5, 0.6) is 0 Å². The molecule has 1 aromatic rings. The Kier molecular flexibility index (Phi) is 2.94. The lowest BCUT2D eigenvalue weighted by molar-refractivity contribution is -0.115. The molecule has 1 aliphatic heterocycles. The first-order valence-electron chi connectivity index (χ1n) is 6.92. The third-order valence-electron chi connectivity index (χ3n) is 5.57. The number of anilines is 1. The van der Waals surface area contributed by atoms with Gasteiger partial charge in [-0.3, -0.25) is 4.79 Å². The van der Waals surface area contributed by atoms with Crippen LogP contribution in [0, 0.1) is 16.7 Å². The Morgan fingerprint density at radius 1 is 1.25 bits per heavy atom. The van der Waals surface area contributed by atoms with Gasteiger partial charge in [-0.05, 0) is 33.9 Å². The maximum atomic E-state index is 11.5. The van der Waals surface area contributed by atoms with Crippen LogP contribution in [0.25, 0.3) is 0 Å². The first kappa shape index (κ1) is 14.2. The molecule has 108 valence electrons. The number of fused-ring (bicyclic) bond motifs is 1. The lowest BCUT2D eigenvalue weighted by atomic mass is 9.99. The lowest BCUT2D eigenvalue weighted by Gasteiger charge is -2.15. The van der Waals surface area contributed by atoms with Crippen LogP contribution in [0.1, 0.15) is 44.2 Å². The van der Waals surface area contributed by atoms with E-state index in [0.29, 0.717) is 17.4 Å². The molecule has 1 aliphatic carbocycles. The number of nitrogens with one attached hydrogen (secondary N) is 1. The summed E-state index contributed by atoms with van der Waals surface area (Å²) in [6, 6.07) is 3.83. The van der Waals surface area contributed by atoms with E-state index in [1.807, 2.05) is 12.1 Å². The second-order valence-corrected chi connectivity index (χ2v) is 7.96. The highest BCUT2D eigenvalue weighted by Gasteiger charge is 2.67. The molecule has 1 heterocycles. The minimum absolute atomic E-state index is 0.0198. The van der Waals surface area contributed by atoms with E-state index in [-0.39, 0.29) is 22.1 Å². The molecule has 0 spiro atoms. The molecule has 2 nitrogen and oxygen atoms in total. The molecule has 0 saturated heterocycles. The van der Waals surface area contributed by atoms with E-state index in [1.54, 1.807) is 0 Å². The molecule has 20 heavy (non-hydrogen) atoms. The van der Waals surface area contributed by atoms with E-state index >= 15 is 0 Å².